The van der Waals surface area contributed by atoms with Crippen molar-refractivity contribution in [2.75, 3.05) is 11.9 Å². The first-order valence-corrected chi connectivity index (χ1v) is 5.26. The Hall–Kier alpha value is -1.36. The fourth-order valence-corrected chi connectivity index (χ4v) is 1.38. The Balaban J connectivity index is 2.12. The standard InChI is InChI=1S/C10H16N4O/c1-6(11)5-12-8-4-9(15)14-10(13-8)7-2-3-7/h4,6-7H,2-3,5,11H2,1H3,(H2,12,13,14,15). The zero-order valence-corrected chi connectivity index (χ0v) is 8.79. The predicted octanol–water partition coefficient (Wildman–Crippen LogP) is 0.406. The summed E-state index contributed by atoms with van der Waals surface area (Å²) in [6.45, 7) is 2.53. The third-order valence-corrected chi connectivity index (χ3v) is 2.33. The molecule has 0 aromatic carbocycles. The Morgan fingerprint density at radius 3 is 3.07 bits per heavy atom. The van der Waals surface area contributed by atoms with Crippen LogP contribution < -0.4 is 16.6 Å². The van der Waals surface area contributed by atoms with Gasteiger partial charge in [0, 0.05) is 24.6 Å². The van der Waals surface area contributed by atoms with E-state index in [-0.39, 0.29) is 11.6 Å². The molecule has 0 aliphatic heterocycles. The number of hydrogen-bond acceptors (Lipinski definition) is 4. The van der Waals surface area contributed by atoms with Gasteiger partial charge in [0.1, 0.15) is 11.6 Å². The third-order valence-electron chi connectivity index (χ3n) is 2.33. The number of rotatable bonds is 4. The van der Waals surface area contributed by atoms with E-state index in [0.717, 1.165) is 18.7 Å². The maximum Gasteiger partial charge on any atom is 0.252 e. The number of anilines is 1. The van der Waals surface area contributed by atoms with E-state index >= 15 is 0 Å². The Morgan fingerprint density at radius 1 is 1.73 bits per heavy atom. The number of nitrogens with two attached hydrogens (primary N) is 1. The Morgan fingerprint density at radius 2 is 2.47 bits per heavy atom. The molecule has 5 nitrogen and oxygen atoms in total. The van der Waals surface area contributed by atoms with Crippen LogP contribution in [0.25, 0.3) is 0 Å². The quantitative estimate of drug-likeness (QED) is 0.669. The van der Waals surface area contributed by atoms with Gasteiger partial charge in [-0.1, -0.05) is 0 Å². The number of nitrogens with zero attached hydrogens (tertiary/aromatic N) is 1. The molecule has 1 fully saturated rings. The fraction of sp³-hybridized carbons (Fsp3) is 0.600. The summed E-state index contributed by atoms with van der Waals surface area (Å²) in [5.74, 6) is 1.88. The maximum atomic E-state index is 11.3. The summed E-state index contributed by atoms with van der Waals surface area (Å²) in [5.41, 5.74) is 5.51. The van der Waals surface area contributed by atoms with Crippen LogP contribution in [0.15, 0.2) is 10.9 Å². The molecule has 1 aliphatic rings. The molecule has 1 heterocycles. The van der Waals surface area contributed by atoms with Crippen LogP contribution in [-0.4, -0.2) is 22.6 Å². The highest BCUT2D eigenvalue weighted by Crippen LogP contribution is 2.37. The zero-order valence-electron chi connectivity index (χ0n) is 8.79. The van der Waals surface area contributed by atoms with Crippen LogP contribution in [0.2, 0.25) is 0 Å². The molecule has 1 aliphatic carbocycles. The highest BCUT2D eigenvalue weighted by molar-refractivity contribution is 5.34. The molecule has 0 radical (unpaired) electrons. The van der Waals surface area contributed by atoms with Crippen LogP contribution in [0.1, 0.15) is 31.5 Å². The van der Waals surface area contributed by atoms with Gasteiger partial charge in [-0.05, 0) is 19.8 Å². The third kappa shape index (κ3) is 2.79. The van der Waals surface area contributed by atoms with Crippen LogP contribution >= 0.6 is 0 Å². The average molecular weight is 208 g/mol. The molecule has 1 saturated carbocycles. The summed E-state index contributed by atoms with van der Waals surface area (Å²) < 4.78 is 0. The Labute approximate surface area is 88.1 Å². The predicted molar refractivity (Wildman–Crippen MR) is 59.0 cm³/mol. The molecule has 1 unspecified atom stereocenters. The number of aromatic nitrogens is 2. The van der Waals surface area contributed by atoms with Gasteiger partial charge in [-0.2, -0.15) is 0 Å². The SMILES string of the molecule is CC(N)CNc1cc(=O)[nH]c(C2CC2)n1. The smallest absolute Gasteiger partial charge is 0.252 e. The van der Waals surface area contributed by atoms with Crippen molar-refractivity contribution in [3.63, 3.8) is 0 Å². The molecule has 1 aromatic heterocycles. The van der Waals surface area contributed by atoms with Gasteiger partial charge in [0.05, 0.1) is 0 Å². The lowest BCUT2D eigenvalue weighted by molar-refractivity contribution is 0.773. The van der Waals surface area contributed by atoms with E-state index in [4.69, 9.17) is 5.73 Å². The molecular weight excluding hydrogens is 192 g/mol. The van der Waals surface area contributed by atoms with Gasteiger partial charge in [0.25, 0.3) is 5.56 Å². The molecule has 4 N–H and O–H groups in total. The summed E-state index contributed by atoms with van der Waals surface area (Å²) in [7, 11) is 0. The van der Waals surface area contributed by atoms with E-state index < -0.39 is 0 Å². The largest absolute Gasteiger partial charge is 0.368 e. The van der Waals surface area contributed by atoms with Crippen molar-refractivity contribution in [2.45, 2.75) is 31.7 Å². The first-order valence-electron chi connectivity index (χ1n) is 5.26. The van der Waals surface area contributed by atoms with Crippen molar-refractivity contribution >= 4 is 5.82 Å². The molecule has 0 saturated heterocycles. The molecule has 5 heteroatoms. The van der Waals surface area contributed by atoms with Gasteiger partial charge < -0.3 is 16.0 Å². The van der Waals surface area contributed by atoms with Gasteiger partial charge in [0.15, 0.2) is 0 Å². The molecule has 0 amide bonds. The molecule has 15 heavy (non-hydrogen) atoms. The van der Waals surface area contributed by atoms with Crippen molar-refractivity contribution in [1.82, 2.24) is 9.97 Å². The van der Waals surface area contributed by atoms with E-state index in [1.165, 1.54) is 6.07 Å². The van der Waals surface area contributed by atoms with Gasteiger partial charge in [0.2, 0.25) is 0 Å². The Kier molecular flexibility index (Phi) is 2.73. The second-order valence-electron chi connectivity index (χ2n) is 4.15. The van der Waals surface area contributed by atoms with Crippen molar-refractivity contribution in [2.24, 2.45) is 5.73 Å². The van der Waals surface area contributed by atoms with Gasteiger partial charge in [-0.25, -0.2) is 4.98 Å². The number of H-pyrrole nitrogens is 1. The van der Waals surface area contributed by atoms with Gasteiger partial charge >= 0.3 is 0 Å². The van der Waals surface area contributed by atoms with Crippen LogP contribution in [0.5, 0.6) is 0 Å². The van der Waals surface area contributed by atoms with E-state index in [1.54, 1.807) is 0 Å². The summed E-state index contributed by atoms with van der Waals surface area (Å²) >= 11 is 0. The average Bonchev–Trinajstić information content (AvgIpc) is 2.97. The molecular formula is C10H16N4O. The minimum Gasteiger partial charge on any atom is -0.368 e. The summed E-state index contributed by atoms with van der Waals surface area (Å²) in [6.07, 6.45) is 2.25. The number of aromatic amines is 1. The van der Waals surface area contributed by atoms with Crippen molar-refractivity contribution in [1.29, 1.82) is 0 Å². The molecule has 0 spiro atoms. The minimum atomic E-state index is -0.0981. The lowest BCUT2D eigenvalue weighted by Crippen LogP contribution is -2.26. The second kappa shape index (κ2) is 4.02. The minimum absolute atomic E-state index is 0.0514. The first kappa shape index (κ1) is 10.2. The molecule has 0 bridgehead atoms. The maximum absolute atomic E-state index is 11.3. The zero-order chi connectivity index (χ0) is 10.8. The second-order valence-corrected chi connectivity index (χ2v) is 4.15. The van der Waals surface area contributed by atoms with Crippen molar-refractivity contribution < 1.29 is 0 Å². The van der Waals surface area contributed by atoms with Crippen LogP contribution in [0, 0.1) is 0 Å². The number of hydrogen-bond donors (Lipinski definition) is 3. The van der Waals surface area contributed by atoms with Gasteiger partial charge in [-0.3, -0.25) is 4.79 Å². The first-order chi connectivity index (χ1) is 7.15. The van der Waals surface area contributed by atoms with Crippen LogP contribution in [-0.2, 0) is 0 Å². The fourth-order valence-electron chi connectivity index (χ4n) is 1.38. The normalized spacial score (nSPS) is 17.5. The molecule has 2 rings (SSSR count). The van der Waals surface area contributed by atoms with Crippen LogP contribution in [0.3, 0.4) is 0 Å². The van der Waals surface area contributed by atoms with E-state index in [1.807, 2.05) is 6.92 Å². The molecule has 1 atom stereocenters. The molecule has 82 valence electrons. The Bertz CT molecular complexity index is 395. The highest BCUT2D eigenvalue weighted by Gasteiger charge is 2.26. The topological polar surface area (TPSA) is 83.8 Å². The summed E-state index contributed by atoms with van der Waals surface area (Å²) in [6, 6.07) is 1.52. The lowest BCUT2D eigenvalue weighted by Gasteiger charge is -2.08. The molecule has 1 aromatic rings. The highest BCUT2D eigenvalue weighted by atomic mass is 16.1. The van der Waals surface area contributed by atoms with E-state index in [0.29, 0.717) is 18.3 Å². The summed E-state index contributed by atoms with van der Waals surface area (Å²) in [5, 5.41) is 3.05. The van der Waals surface area contributed by atoms with Crippen molar-refractivity contribution in [3.05, 3.63) is 22.2 Å². The monoisotopic (exact) mass is 208 g/mol. The van der Waals surface area contributed by atoms with Crippen molar-refractivity contribution in [3.8, 4) is 0 Å². The van der Waals surface area contributed by atoms with E-state index in [2.05, 4.69) is 15.3 Å². The lowest BCUT2D eigenvalue weighted by atomic mass is 10.3. The van der Waals surface area contributed by atoms with E-state index in [9.17, 15) is 4.79 Å². The van der Waals surface area contributed by atoms with Crippen LogP contribution in [0.4, 0.5) is 5.82 Å². The van der Waals surface area contributed by atoms with Gasteiger partial charge in [-0.15, -0.1) is 0 Å². The summed E-state index contributed by atoms with van der Waals surface area (Å²) in [4.78, 5) is 18.4. The number of nitrogens with one attached hydrogen (secondary N) is 2.